The molecule has 2 N–H and O–H groups in total. The lowest BCUT2D eigenvalue weighted by Crippen LogP contribution is -2.49. The van der Waals surface area contributed by atoms with Gasteiger partial charge in [0.1, 0.15) is 0 Å². The first kappa shape index (κ1) is 11.3. The zero-order chi connectivity index (χ0) is 10.6. The van der Waals surface area contributed by atoms with Gasteiger partial charge in [-0.1, -0.05) is 12.8 Å². The van der Waals surface area contributed by atoms with Crippen molar-refractivity contribution in [3.63, 3.8) is 0 Å². The number of rotatable bonds is 2. The number of nitrogens with one attached hydrogen (secondary N) is 1. The molecule has 4 nitrogen and oxygen atoms in total. The minimum Gasteiger partial charge on any atom is -0.391 e. The second-order valence-corrected chi connectivity index (χ2v) is 3.92. The van der Waals surface area contributed by atoms with E-state index in [2.05, 4.69) is 5.32 Å². The molecule has 0 aromatic rings. The standard InChI is InChI=1S/C10H20N2O2/c1-3-12(2)10(14)11-8-6-4-5-7-9(8)13/h8-9,13H,3-7H2,1-2H3,(H,11,14). The fourth-order valence-electron chi connectivity index (χ4n) is 1.69. The SMILES string of the molecule is CCN(C)C(=O)NC1CCCCC1O. The van der Waals surface area contributed by atoms with Crippen LogP contribution in [0.3, 0.4) is 0 Å². The van der Waals surface area contributed by atoms with Crippen LogP contribution in [0, 0.1) is 0 Å². The Labute approximate surface area is 85.3 Å². The summed E-state index contributed by atoms with van der Waals surface area (Å²) in [6, 6.07) is -0.135. The Morgan fingerprint density at radius 3 is 2.71 bits per heavy atom. The molecule has 0 aromatic carbocycles. The fraction of sp³-hybridized carbons (Fsp3) is 0.900. The first-order valence-electron chi connectivity index (χ1n) is 5.34. The van der Waals surface area contributed by atoms with E-state index in [-0.39, 0.29) is 18.2 Å². The average molecular weight is 200 g/mol. The number of nitrogens with zero attached hydrogens (tertiary/aromatic N) is 1. The predicted octanol–water partition coefficient (Wildman–Crippen LogP) is 0.951. The van der Waals surface area contributed by atoms with Crippen molar-refractivity contribution in [1.82, 2.24) is 10.2 Å². The highest BCUT2D eigenvalue weighted by atomic mass is 16.3. The van der Waals surface area contributed by atoms with Gasteiger partial charge in [-0.15, -0.1) is 0 Å². The van der Waals surface area contributed by atoms with E-state index in [0.717, 1.165) is 25.7 Å². The van der Waals surface area contributed by atoms with Gasteiger partial charge in [-0.05, 0) is 19.8 Å². The van der Waals surface area contributed by atoms with E-state index in [1.54, 1.807) is 11.9 Å². The monoisotopic (exact) mass is 200 g/mol. The molecule has 1 aliphatic rings. The summed E-state index contributed by atoms with van der Waals surface area (Å²) in [6.45, 7) is 2.62. The van der Waals surface area contributed by atoms with Gasteiger partial charge in [-0.25, -0.2) is 4.79 Å². The highest BCUT2D eigenvalue weighted by molar-refractivity contribution is 5.74. The molecular formula is C10H20N2O2. The van der Waals surface area contributed by atoms with Crippen LogP contribution in [0.1, 0.15) is 32.6 Å². The number of carbonyl (C=O) groups is 1. The van der Waals surface area contributed by atoms with Crippen molar-refractivity contribution in [3.05, 3.63) is 0 Å². The number of aliphatic hydroxyl groups excluding tert-OH is 1. The number of amides is 2. The van der Waals surface area contributed by atoms with Gasteiger partial charge in [0, 0.05) is 13.6 Å². The summed E-state index contributed by atoms with van der Waals surface area (Å²) in [5, 5.41) is 12.5. The van der Waals surface area contributed by atoms with Gasteiger partial charge < -0.3 is 15.3 Å². The van der Waals surface area contributed by atoms with Crippen molar-refractivity contribution in [2.24, 2.45) is 0 Å². The topological polar surface area (TPSA) is 52.6 Å². The van der Waals surface area contributed by atoms with Crippen LogP contribution in [0.25, 0.3) is 0 Å². The summed E-state index contributed by atoms with van der Waals surface area (Å²) < 4.78 is 0. The number of carbonyl (C=O) groups excluding carboxylic acids is 1. The third-order valence-electron chi connectivity index (χ3n) is 2.86. The van der Waals surface area contributed by atoms with Crippen molar-refractivity contribution >= 4 is 6.03 Å². The van der Waals surface area contributed by atoms with Gasteiger partial charge in [0.05, 0.1) is 12.1 Å². The quantitative estimate of drug-likeness (QED) is 0.697. The Hall–Kier alpha value is -0.770. The maximum absolute atomic E-state index is 11.5. The minimum atomic E-state index is -0.363. The van der Waals surface area contributed by atoms with E-state index in [4.69, 9.17) is 0 Å². The van der Waals surface area contributed by atoms with E-state index < -0.39 is 0 Å². The fourth-order valence-corrected chi connectivity index (χ4v) is 1.69. The average Bonchev–Trinajstić information content (AvgIpc) is 2.20. The van der Waals surface area contributed by atoms with Gasteiger partial charge in [0.25, 0.3) is 0 Å². The van der Waals surface area contributed by atoms with Crippen LogP contribution in [-0.4, -0.2) is 41.8 Å². The van der Waals surface area contributed by atoms with E-state index >= 15 is 0 Å². The Balaban J connectivity index is 2.38. The number of hydrogen-bond donors (Lipinski definition) is 2. The second-order valence-electron chi connectivity index (χ2n) is 3.92. The molecule has 0 saturated heterocycles. The minimum absolute atomic E-state index is 0.0507. The summed E-state index contributed by atoms with van der Waals surface area (Å²) in [4.78, 5) is 13.1. The molecule has 0 spiro atoms. The van der Waals surface area contributed by atoms with Gasteiger partial charge in [0.2, 0.25) is 0 Å². The Morgan fingerprint density at radius 2 is 2.14 bits per heavy atom. The smallest absolute Gasteiger partial charge is 0.317 e. The summed E-state index contributed by atoms with van der Waals surface area (Å²) in [6.07, 6.45) is 3.50. The zero-order valence-corrected chi connectivity index (χ0v) is 8.99. The first-order valence-corrected chi connectivity index (χ1v) is 5.34. The lowest BCUT2D eigenvalue weighted by Gasteiger charge is -2.29. The molecule has 0 aromatic heterocycles. The number of hydrogen-bond acceptors (Lipinski definition) is 2. The molecule has 1 saturated carbocycles. The van der Waals surface area contributed by atoms with Crippen molar-refractivity contribution < 1.29 is 9.90 Å². The van der Waals surface area contributed by atoms with E-state index in [9.17, 15) is 9.90 Å². The van der Waals surface area contributed by atoms with Crippen LogP contribution in [-0.2, 0) is 0 Å². The van der Waals surface area contributed by atoms with Crippen LogP contribution >= 0.6 is 0 Å². The van der Waals surface area contributed by atoms with Crippen LogP contribution in [0.5, 0.6) is 0 Å². The maximum atomic E-state index is 11.5. The molecule has 2 amide bonds. The molecule has 0 aliphatic heterocycles. The molecular weight excluding hydrogens is 180 g/mol. The number of aliphatic hydroxyl groups is 1. The van der Waals surface area contributed by atoms with Crippen molar-refractivity contribution in [1.29, 1.82) is 0 Å². The predicted molar refractivity (Wildman–Crippen MR) is 55.1 cm³/mol. The van der Waals surface area contributed by atoms with E-state index in [1.165, 1.54) is 0 Å². The van der Waals surface area contributed by atoms with Crippen LogP contribution in [0.4, 0.5) is 4.79 Å². The summed E-state index contributed by atoms with van der Waals surface area (Å²) >= 11 is 0. The van der Waals surface area contributed by atoms with Gasteiger partial charge in [-0.2, -0.15) is 0 Å². The molecule has 1 aliphatic carbocycles. The van der Waals surface area contributed by atoms with Crippen molar-refractivity contribution in [2.75, 3.05) is 13.6 Å². The molecule has 0 radical (unpaired) electrons. The lowest BCUT2D eigenvalue weighted by atomic mass is 9.93. The maximum Gasteiger partial charge on any atom is 0.317 e. The molecule has 0 heterocycles. The van der Waals surface area contributed by atoms with Gasteiger partial charge in [0.15, 0.2) is 0 Å². The summed E-state index contributed by atoms with van der Waals surface area (Å²) in [7, 11) is 1.75. The lowest BCUT2D eigenvalue weighted by molar-refractivity contribution is 0.0911. The molecule has 14 heavy (non-hydrogen) atoms. The van der Waals surface area contributed by atoms with E-state index in [0.29, 0.717) is 6.54 Å². The molecule has 1 rings (SSSR count). The molecule has 1 fully saturated rings. The van der Waals surface area contributed by atoms with Crippen LogP contribution < -0.4 is 5.32 Å². The Morgan fingerprint density at radius 1 is 1.50 bits per heavy atom. The van der Waals surface area contributed by atoms with Gasteiger partial charge >= 0.3 is 6.03 Å². The van der Waals surface area contributed by atoms with Crippen molar-refractivity contribution in [3.8, 4) is 0 Å². The van der Waals surface area contributed by atoms with Gasteiger partial charge in [-0.3, -0.25) is 0 Å². The third kappa shape index (κ3) is 2.87. The third-order valence-corrected chi connectivity index (χ3v) is 2.86. The van der Waals surface area contributed by atoms with Crippen molar-refractivity contribution in [2.45, 2.75) is 44.8 Å². The van der Waals surface area contributed by atoms with Crippen LogP contribution in [0.2, 0.25) is 0 Å². The summed E-state index contributed by atoms with van der Waals surface area (Å²) in [5.41, 5.74) is 0. The Kier molecular flexibility index (Phi) is 4.20. The van der Waals surface area contributed by atoms with E-state index in [1.807, 2.05) is 6.92 Å². The Bertz CT molecular complexity index is 197. The molecule has 2 atom stereocenters. The highest BCUT2D eigenvalue weighted by Gasteiger charge is 2.24. The first-order chi connectivity index (χ1) is 6.65. The summed E-state index contributed by atoms with van der Waals surface area (Å²) in [5.74, 6) is 0. The molecule has 0 bridgehead atoms. The molecule has 82 valence electrons. The molecule has 2 unspecified atom stereocenters. The van der Waals surface area contributed by atoms with Crippen LogP contribution in [0.15, 0.2) is 0 Å². The number of urea groups is 1. The second kappa shape index (κ2) is 5.20. The normalized spacial score (nSPS) is 27.1. The molecule has 4 heteroatoms. The zero-order valence-electron chi connectivity index (χ0n) is 8.99. The highest BCUT2D eigenvalue weighted by Crippen LogP contribution is 2.18. The largest absolute Gasteiger partial charge is 0.391 e.